The van der Waals surface area contributed by atoms with Crippen LogP contribution in [-0.2, 0) is 12.7 Å². The van der Waals surface area contributed by atoms with Gasteiger partial charge in [-0.25, -0.2) is 0 Å². The zero-order valence-electron chi connectivity index (χ0n) is 14.0. The van der Waals surface area contributed by atoms with Crippen molar-refractivity contribution >= 4 is 26.8 Å². The lowest BCUT2D eigenvalue weighted by atomic mass is 10.0. The molecular weight excluding hydrogens is 417 g/mol. The minimum Gasteiger partial charge on any atom is -0.259 e. The van der Waals surface area contributed by atoms with Crippen LogP contribution in [0.2, 0.25) is 0 Å². The van der Waals surface area contributed by atoms with E-state index in [4.69, 9.17) is 0 Å². The van der Waals surface area contributed by atoms with Gasteiger partial charge in [0, 0.05) is 15.4 Å². The zero-order chi connectivity index (χ0) is 19.0. The van der Waals surface area contributed by atoms with Crippen LogP contribution in [0.25, 0.3) is 22.2 Å². The Bertz CT molecular complexity index is 1080. The molecule has 0 atom stereocenters. The smallest absolute Gasteiger partial charge is 0.259 e. The summed E-state index contributed by atoms with van der Waals surface area (Å²) >= 11 is 3.40. The van der Waals surface area contributed by atoms with Gasteiger partial charge in [-0.15, -0.1) is 0 Å². The van der Waals surface area contributed by atoms with Gasteiger partial charge in [-0.3, -0.25) is 4.68 Å². The first-order chi connectivity index (χ1) is 12.9. The van der Waals surface area contributed by atoms with Crippen LogP contribution >= 0.6 is 15.9 Å². The van der Waals surface area contributed by atoms with E-state index in [1.54, 1.807) is 10.7 Å². The molecule has 1 heterocycles. The Hall–Kier alpha value is -2.60. The predicted molar refractivity (Wildman–Crippen MR) is 103 cm³/mol. The topological polar surface area (TPSA) is 17.8 Å². The molecule has 136 valence electrons. The van der Waals surface area contributed by atoms with Crippen molar-refractivity contribution in [3.63, 3.8) is 0 Å². The normalized spacial score (nSPS) is 11.9. The summed E-state index contributed by atoms with van der Waals surface area (Å²) in [4.78, 5) is 0. The maximum Gasteiger partial charge on any atom is 0.418 e. The second-order valence-electron chi connectivity index (χ2n) is 6.20. The summed E-state index contributed by atoms with van der Waals surface area (Å²) in [6.07, 6.45) is -4.46. The fourth-order valence-corrected chi connectivity index (χ4v) is 3.43. The highest BCUT2D eigenvalue weighted by molar-refractivity contribution is 9.10. The van der Waals surface area contributed by atoms with Crippen LogP contribution in [0.1, 0.15) is 11.1 Å². The third kappa shape index (κ3) is 3.49. The van der Waals surface area contributed by atoms with E-state index in [-0.39, 0.29) is 5.52 Å². The number of aromatic nitrogens is 2. The van der Waals surface area contributed by atoms with Gasteiger partial charge in [0.15, 0.2) is 0 Å². The van der Waals surface area contributed by atoms with E-state index in [9.17, 15) is 13.2 Å². The quantitative estimate of drug-likeness (QED) is 0.361. The second-order valence-corrected chi connectivity index (χ2v) is 7.11. The molecule has 0 radical (unpaired) electrons. The SMILES string of the molecule is FC(F)(F)c1cccc2c(-c3ccc(Br)cc3)n(Cc3ccccc3)nc12. The van der Waals surface area contributed by atoms with Crippen molar-refractivity contribution in [1.29, 1.82) is 0 Å². The Balaban J connectivity index is 1.97. The number of hydrogen-bond donors (Lipinski definition) is 0. The van der Waals surface area contributed by atoms with E-state index in [0.29, 0.717) is 17.6 Å². The van der Waals surface area contributed by atoms with Gasteiger partial charge in [-0.2, -0.15) is 18.3 Å². The molecule has 4 aromatic rings. The molecule has 0 aliphatic carbocycles. The number of nitrogens with zero attached hydrogens (tertiary/aromatic N) is 2. The first-order valence-corrected chi connectivity index (χ1v) is 9.09. The predicted octanol–water partition coefficient (Wildman–Crippen LogP) is 6.53. The minimum absolute atomic E-state index is 0.0288. The van der Waals surface area contributed by atoms with E-state index >= 15 is 0 Å². The van der Waals surface area contributed by atoms with Gasteiger partial charge in [-0.1, -0.05) is 70.5 Å². The van der Waals surface area contributed by atoms with Gasteiger partial charge in [0.25, 0.3) is 0 Å². The maximum absolute atomic E-state index is 13.5. The molecule has 3 aromatic carbocycles. The van der Waals surface area contributed by atoms with E-state index in [1.807, 2.05) is 54.6 Å². The summed E-state index contributed by atoms with van der Waals surface area (Å²) in [5.41, 5.74) is 1.71. The molecule has 0 fully saturated rings. The summed E-state index contributed by atoms with van der Waals surface area (Å²) < 4.78 is 43.0. The van der Waals surface area contributed by atoms with Gasteiger partial charge in [0.1, 0.15) is 5.52 Å². The molecule has 0 amide bonds. The molecule has 1 aromatic heterocycles. The number of halogens is 4. The fraction of sp³-hybridized carbons (Fsp3) is 0.0952. The van der Waals surface area contributed by atoms with Gasteiger partial charge in [0.05, 0.1) is 17.8 Å². The molecule has 0 bridgehead atoms. The van der Waals surface area contributed by atoms with Crippen molar-refractivity contribution in [3.8, 4) is 11.3 Å². The highest BCUT2D eigenvalue weighted by Gasteiger charge is 2.34. The van der Waals surface area contributed by atoms with Crippen molar-refractivity contribution in [2.45, 2.75) is 12.7 Å². The monoisotopic (exact) mass is 430 g/mol. The van der Waals surface area contributed by atoms with Crippen molar-refractivity contribution in [1.82, 2.24) is 9.78 Å². The number of fused-ring (bicyclic) bond motifs is 1. The molecule has 0 saturated carbocycles. The molecule has 4 rings (SSSR count). The lowest BCUT2D eigenvalue weighted by molar-refractivity contribution is -0.136. The van der Waals surface area contributed by atoms with Gasteiger partial charge < -0.3 is 0 Å². The molecule has 0 aliphatic heterocycles. The molecule has 0 spiro atoms. The Labute approximate surface area is 162 Å². The molecule has 27 heavy (non-hydrogen) atoms. The third-order valence-corrected chi connectivity index (χ3v) is 4.90. The lowest BCUT2D eigenvalue weighted by Crippen LogP contribution is -2.06. The molecule has 6 heteroatoms. The minimum atomic E-state index is -4.46. The van der Waals surface area contributed by atoms with Crippen LogP contribution in [0.4, 0.5) is 13.2 Å². The summed E-state index contributed by atoms with van der Waals surface area (Å²) in [5, 5.41) is 4.85. The van der Waals surface area contributed by atoms with E-state index in [2.05, 4.69) is 21.0 Å². The number of hydrogen-bond acceptors (Lipinski definition) is 1. The Morgan fingerprint density at radius 2 is 1.56 bits per heavy atom. The lowest BCUT2D eigenvalue weighted by Gasteiger charge is -2.09. The summed E-state index contributed by atoms with van der Waals surface area (Å²) in [6, 6.07) is 21.3. The average Bonchev–Trinajstić information content (AvgIpc) is 3.00. The summed E-state index contributed by atoms with van der Waals surface area (Å²) in [7, 11) is 0. The Morgan fingerprint density at radius 3 is 2.22 bits per heavy atom. The van der Waals surface area contributed by atoms with E-state index in [0.717, 1.165) is 21.7 Å². The average molecular weight is 431 g/mol. The van der Waals surface area contributed by atoms with Crippen molar-refractivity contribution in [2.75, 3.05) is 0 Å². The molecule has 2 nitrogen and oxygen atoms in total. The van der Waals surface area contributed by atoms with Crippen LogP contribution in [-0.4, -0.2) is 9.78 Å². The van der Waals surface area contributed by atoms with Crippen LogP contribution in [0, 0.1) is 0 Å². The Morgan fingerprint density at radius 1 is 0.852 bits per heavy atom. The third-order valence-electron chi connectivity index (χ3n) is 4.37. The molecule has 0 N–H and O–H groups in total. The number of benzene rings is 3. The van der Waals surface area contributed by atoms with E-state index < -0.39 is 11.7 Å². The van der Waals surface area contributed by atoms with E-state index in [1.165, 1.54) is 6.07 Å². The van der Waals surface area contributed by atoms with Crippen LogP contribution in [0.15, 0.2) is 77.3 Å². The maximum atomic E-state index is 13.5. The van der Waals surface area contributed by atoms with Gasteiger partial charge in [-0.05, 0) is 23.8 Å². The van der Waals surface area contributed by atoms with Crippen LogP contribution < -0.4 is 0 Å². The molecule has 0 unspecified atom stereocenters. The Kier molecular flexibility index (Phi) is 4.52. The summed E-state index contributed by atoms with van der Waals surface area (Å²) in [5.74, 6) is 0. The van der Waals surface area contributed by atoms with Crippen molar-refractivity contribution < 1.29 is 13.2 Å². The first kappa shape index (κ1) is 17.8. The second kappa shape index (κ2) is 6.85. The van der Waals surface area contributed by atoms with Gasteiger partial charge in [0.2, 0.25) is 0 Å². The summed E-state index contributed by atoms with van der Waals surface area (Å²) in [6.45, 7) is 0.387. The van der Waals surface area contributed by atoms with Crippen LogP contribution in [0.5, 0.6) is 0 Å². The van der Waals surface area contributed by atoms with Crippen LogP contribution in [0.3, 0.4) is 0 Å². The zero-order valence-corrected chi connectivity index (χ0v) is 15.6. The first-order valence-electron chi connectivity index (χ1n) is 8.30. The largest absolute Gasteiger partial charge is 0.418 e. The number of alkyl halides is 3. The van der Waals surface area contributed by atoms with Gasteiger partial charge >= 0.3 is 6.18 Å². The van der Waals surface area contributed by atoms with Crippen molar-refractivity contribution in [3.05, 3.63) is 88.4 Å². The number of rotatable bonds is 3. The molecule has 0 saturated heterocycles. The highest BCUT2D eigenvalue weighted by Crippen LogP contribution is 2.38. The fourth-order valence-electron chi connectivity index (χ4n) is 3.16. The highest BCUT2D eigenvalue weighted by atomic mass is 79.9. The standard InChI is InChI=1S/C21H14BrF3N2/c22-16-11-9-15(10-12-16)20-17-7-4-8-18(21(23,24)25)19(17)26-27(20)13-14-5-2-1-3-6-14/h1-12H,13H2. The van der Waals surface area contributed by atoms with Crippen molar-refractivity contribution in [2.24, 2.45) is 0 Å². The molecule has 0 aliphatic rings. The molecular formula is C21H14BrF3N2.